The van der Waals surface area contributed by atoms with Crippen molar-refractivity contribution in [1.82, 2.24) is 0 Å². The Labute approximate surface area is 199 Å². The number of nitriles is 1. The van der Waals surface area contributed by atoms with E-state index in [0.717, 1.165) is 5.56 Å². The van der Waals surface area contributed by atoms with Gasteiger partial charge in [0, 0.05) is 0 Å². The number of halogens is 4. The first kappa shape index (κ1) is 23.0. The summed E-state index contributed by atoms with van der Waals surface area (Å²) in [6.45, 7) is 0.293. The minimum atomic E-state index is -0.650. The Bertz CT molecular complexity index is 1160. The lowest BCUT2D eigenvalue weighted by Crippen LogP contribution is -2.13. The summed E-state index contributed by atoms with van der Waals surface area (Å²) >= 11 is 24.7. The fourth-order valence-electron chi connectivity index (χ4n) is 2.64. The molecule has 0 aliphatic rings. The monoisotopic (exact) mass is 490 g/mol. The summed E-state index contributed by atoms with van der Waals surface area (Å²) in [5.41, 5.74) is 1.55. The van der Waals surface area contributed by atoms with E-state index in [0.29, 0.717) is 23.6 Å². The van der Waals surface area contributed by atoms with Gasteiger partial charge in [0.15, 0.2) is 5.75 Å². The highest BCUT2D eigenvalue weighted by molar-refractivity contribution is 6.44. The van der Waals surface area contributed by atoms with Crippen molar-refractivity contribution in [2.75, 3.05) is 5.32 Å². The van der Waals surface area contributed by atoms with Gasteiger partial charge in [0.2, 0.25) is 0 Å². The molecule has 8 heteroatoms. The van der Waals surface area contributed by atoms with Crippen molar-refractivity contribution < 1.29 is 9.53 Å². The van der Waals surface area contributed by atoms with Crippen LogP contribution in [-0.2, 0) is 11.4 Å². The molecule has 0 aromatic heterocycles. The minimum Gasteiger partial charge on any atom is -0.486 e. The van der Waals surface area contributed by atoms with Crippen molar-refractivity contribution in [2.24, 2.45) is 0 Å². The van der Waals surface area contributed by atoms with Crippen LogP contribution in [0.4, 0.5) is 5.69 Å². The maximum Gasteiger partial charge on any atom is 0.266 e. The molecule has 0 heterocycles. The molecule has 4 nitrogen and oxygen atoms in total. The molecule has 0 aliphatic carbocycles. The van der Waals surface area contributed by atoms with Crippen LogP contribution in [0, 0.1) is 11.3 Å². The van der Waals surface area contributed by atoms with E-state index >= 15 is 0 Å². The molecule has 3 rings (SSSR count). The molecule has 3 aromatic carbocycles. The van der Waals surface area contributed by atoms with Crippen LogP contribution in [0.25, 0.3) is 6.08 Å². The molecule has 156 valence electrons. The molecule has 1 N–H and O–H groups in total. The molecular weight excluding hydrogens is 478 g/mol. The minimum absolute atomic E-state index is 0.166. The standard InChI is InChI=1S/C23H14Cl4N2O2/c24-17-7-4-8-20(21(17)27)29-23(30)16(12-28)9-15-10-18(25)22(19(26)11-15)31-13-14-5-2-1-3-6-14/h1-11H,13H2,(H,29,30)/b16-9-. The van der Waals surface area contributed by atoms with E-state index in [-0.39, 0.29) is 25.7 Å². The van der Waals surface area contributed by atoms with Gasteiger partial charge in [0.1, 0.15) is 18.2 Å². The van der Waals surface area contributed by atoms with E-state index in [2.05, 4.69) is 5.32 Å². The molecule has 0 aliphatic heterocycles. The summed E-state index contributed by atoms with van der Waals surface area (Å²) in [4.78, 5) is 12.5. The Morgan fingerprint density at radius 1 is 0.968 bits per heavy atom. The highest BCUT2D eigenvalue weighted by Gasteiger charge is 2.15. The van der Waals surface area contributed by atoms with Crippen LogP contribution in [0.5, 0.6) is 5.75 Å². The molecule has 3 aromatic rings. The summed E-state index contributed by atoms with van der Waals surface area (Å²) in [5, 5.41) is 13.0. The van der Waals surface area contributed by atoms with E-state index in [1.165, 1.54) is 6.08 Å². The maximum atomic E-state index is 12.5. The number of hydrogen-bond donors (Lipinski definition) is 1. The quantitative estimate of drug-likeness (QED) is 0.288. The van der Waals surface area contributed by atoms with E-state index in [4.69, 9.17) is 51.1 Å². The van der Waals surface area contributed by atoms with Gasteiger partial charge in [0.05, 0.1) is 25.8 Å². The van der Waals surface area contributed by atoms with E-state index in [1.807, 2.05) is 36.4 Å². The normalized spacial score (nSPS) is 11.0. The van der Waals surface area contributed by atoms with Crippen molar-refractivity contribution in [2.45, 2.75) is 6.61 Å². The van der Waals surface area contributed by atoms with Gasteiger partial charge in [-0.3, -0.25) is 4.79 Å². The molecule has 31 heavy (non-hydrogen) atoms. The SMILES string of the molecule is N#C/C(=C/c1cc(Cl)c(OCc2ccccc2)c(Cl)c1)C(=O)Nc1cccc(Cl)c1Cl. The zero-order valence-corrected chi connectivity index (χ0v) is 18.9. The number of rotatable bonds is 6. The largest absolute Gasteiger partial charge is 0.486 e. The van der Waals surface area contributed by atoms with E-state index in [1.54, 1.807) is 30.3 Å². The first-order chi connectivity index (χ1) is 14.9. The molecule has 0 radical (unpaired) electrons. The summed E-state index contributed by atoms with van der Waals surface area (Å²) in [6, 6.07) is 19.3. The van der Waals surface area contributed by atoms with Crippen LogP contribution < -0.4 is 10.1 Å². The predicted molar refractivity (Wildman–Crippen MR) is 126 cm³/mol. The molecule has 0 saturated heterocycles. The Hall–Kier alpha value is -2.68. The summed E-state index contributed by atoms with van der Waals surface area (Å²) in [6.07, 6.45) is 1.37. The second-order valence-corrected chi connectivity index (χ2v) is 7.91. The van der Waals surface area contributed by atoms with Gasteiger partial charge in [0.25, 0.3) is 5.91 Å². The average Bonchev–Trinajstić information content (AvgIpc) is 2.75. The Kier molecular flexibility index (Phi) is 7.84. The number of nitrogens with one attached hydrogen (secondary N) is 1. The number of carbonyl (C=O) groups is 1. The zero-order valence-electron chi connectivity index (χ0n) is 15.8. The van der Waals surface area contributed by atoms with Crippen molar-refractivity contribution in [3.8, 4) is 11.8 Å². The van der Waals surface area contributed by atoms with Crippen LogP contribution in [0.2, 0.25) is 20.1 Å². The molecule has 0 fully saturated rings. The number of nitrogens with zero attached hydrogens (tertiary/aromatic N) is 1. The highest BCUT2D eigenvalue weighted by atomic mass is 35.5. The van der Waals surface area contributed by atoms with Gasteiger partial charge in [-0.25, -0.2) is 0 Å². The van der Waals surface area contributed by atoms with Crippen molar-refractivity contribution in [3.05, 3.63) is 97.5 Å². The number of anilines is 1. The molecule has 0 bridgehead atoms. The van der Waals surface area contributed by atoms with Crippen LogP contribution in [0.1, 0.15) is 11.1 Å². The average molecular weight is 492 g/mol. The Balaban J connectivity index is 1.80. The Morgan fingerprint density at radius 2 is 1.65 bits per heavy atom. The van der Waals surface area contributed by atoms with Gasteiger partial charge < -0.3 is 10.1 Å². The van der Waals surface area contributed by atoms with Gasteiger partial charge in [-0.15, -0.1) is 0 Å². The Morgan fingerprint density at radius 3 is 2.29 bits per heavy atom. The third kappa shape index (κ3) is 5.94. The van der Waals surface area contributed by atoms with Crippen LogP contribution in [0.15, 0.2) is 66.2 Å². The second-order valence-electron chi connectivity index (χ2n) is 6.31. The highest BCUT2D eigenvalue weighted by Crippen LogP contribution is 2.35. The predicted octanol–water partition coefficient (Wildman–Crippen LogP) is 7.42. The van der Waals surface area contributed by atoms with Crippen molar-refractivity contribution in [3.63, 3.8) is 0 Å². The number of amides is 1. The second kappa shape index (κ2) is 10.6. The summed E-state index contributed by atoms with van der Waals surface area (Å²) < 4.78 is 5.73. The third-order valence-corrected chi connectivity index (χ3v) is 5.50. The van der Waals surface area contributed by atoms with Crippen LogP contribution in [0.3, 0.4) is 0 Å². The van der Waals surface area contributed by atoms with Gasteiger partial charge >= 0.3 is 0 Å². The van der Waals surface area contributed by atoms with Gasteiger partial charge in [-0.1, -0.05) is 82.8 Å². The van der Waals surface area contributed by atoms with E-state index < -0.39 is 5.91 Å². The fraction of sp³-hybridized carbons (Fsp3) is 0.0435. The van der Waals surface area contributed by atoms with Crippen LogP contribution >= 0.6 is 46.4 Å². The molecule has 0 atom stereocenters. The molecule has 0 unspecified atom stereocenters. The third-order valence-electron chi connectivity index (χ3n) is 4.12. The van der Waals surface area contributed by atoms with Gasteiger partial charge in [-0.2, -0.15) is 5.26 Å². The number of benzene rings is 3. The first-order valence-electron chi connectivity index (χ1n) is 8.92. The molecule has 0 saturated carbocycles. The lowest BCUT2D eigenvalue weighted by atomic mass is 10.1. The van der Waals surface area contributed by atoms with E-state index in [9.17, 15) is 10.1 Å². The first-order valence-corrected chi connectivity index (χ1v) is 10.4. The molecule has 1 amide bonds. The zero-order chi connectivity index (χ0) is 22.4. The maximum absolute atomic E-state index is 12.5. The number of hydrogen-bond acceptors (Lipinski definition) is 3. The number of ether oxygens (including phenoxy) is 1. The lowest BCUT2D eigenvalue weighted by Gasteiger charge is -2.11. The fourth-order valence-corrected chi connectivity index (χ4v) is 3.60. The smallest absolute Gasteiger partial charge is 0.266 e. The van der Waals surface area contributed by atoms with Crippen LogP contribution in [-0.4, -0.2) is 5.91 Å². The summed E-state index contributed by atoms with van der Waals surface area (Å²) in [7, 11) is 0. The lowest BCUT2D eigenvalue weighted by molar-refractivity contribution is -0.112. The molecule has 0 spiro atoms. The summed E-state index contributed by atoms with van der Waals surface area (Å²) in [5.74, 6) is -0.332. The van der Waals surface area contributed by atoms with Crippen molar-refractivity contribution in [1.29, 1.82) is 5.26 Å². The van der Waals surface area contributed by atoms with Gasteiger partial charge in [-0.05, 0) is 41.5 Å². The topological polar surface area (TPSA) is 62.1 Å². The molecular formula is C23H14Cl4N2O2. The van der Waals surface area contributed by atoms with Crippen molar-refractivity contribution >= 4 is 64.1 Å². The number of carbonyl (C=O) groups excluding carboxylic acids is 1.